The highest BCUT2D eigenvalue weighted by Gasteiger charge is 2.43. The Balaban J connectivity index is 2.05. The lowest BCUT2D eigenvalue weighted by Crippen LogP contribution is -2.49. The van der Waals surface area contributed by atoms with Gasteiger partial charge in [-0.2, -0.15) is 0 Å². The number of halogens is 1. The van der Waals surface area contributed by atoms with E-state index in [1.54, 1.807) is 24.3 Å². The summed E-state index contributed by atoms with van der Waals surface area (Å²) in [5, 5.41) is 2.44. The molecule has 0 aromatic heterocycles. The molecule has 32 heavy (non-hydrogen) atoms. The predicted octanol–water partition coefficient (Wildman–Crippen LogP) is 3.63. The summed E-state index contributed by atoms with van der Waals surface area (Å²) in [6.07, 6.45) is 0. The third kappa shape index (κ3) is 4.77. The molecule has 0 aliphatic carbocycles. The highest BCUT2D eigenvalue weighted by atomic mass is 32.2. The number of nitrogens with one attached hydrogen (secondary N) is 1. The van der Waals surface area contributed by atoms with E-state index in [4.69, 9.17) is 14.2 Å². The van der Waals surface area contributed by atoms with Gasteiger partial charge in [-0.05, 0) is 43.7 Å². The van der Waals surface area contributed by atoms with Gasteiger partial charge in [0.15, 0.2) is 11.5 Å². The molecular weight excluding hydrogens is 435 g/mol. The smallest absolute Gasteiger partial charge is 0.256 e. The number of nitrogens with zero attached hydrogens (tertiary/aromatic N) is 1. The largest absolute Gasteiger partial charge is 0.493 e. The number of benzene rings is 2. The van der Waals surface area contributed by atoms with Gasteiger partial charge in [-0.1, -0.05) is 12.1 Å². The van der Waals surface area contributed by atoms with Crippen molar-refractivity contribution in [3.8, 4) is 17.2 Å². The number of hydrogen-bond acceptors (Lipinski definition) is 6. The van der Waals surface area contributed by atoms with Gasteiger partial charge in [-0.15, -0.1) is 11.8 Å². The maximum Gasteiger partial charge on any atom is 0.256 e. The maximum absolute atomic E-state index is 13.7. The van der Waals surface area contributed by atoms with E-state index in [1.807, 2.05) is 13.8 Å². The van der Waals surface area contributed by atoms with E-state index in [-0.39, 0.29) is 29.2 Å². The van der Waals surface area contributed by atoms with Crippen molar-refractivity contribution < 1.29 is 28.2 Å². The Bertz CT molecular complexity index is 958. The molecule has 0 bridgehead atoms. The summed E-state index contributed by atoms with van der Waals surface area (Å²) in [6.45, 7) is 3.73. The molecule has 9 heteroatoms. The molecule has 0 radical (unpaired) electrons. The number of rotatable bonds is 7. The van der Waals surface area contributed by atoms with Crippen molar-refractivity contribution in [2.75, 3.05) is 27.1 Å². The Morgan fingerprint density at radius 1 is 1.06 bits per heavy atom. The zero-order valence-corrected chi connectivity index (χ0v) is 19.5. The lowest BCUT2D eigenvalue weighted by Gasteiger charge is -2.30. The zero-order valence-electron chi connectivity index (χ0n) is 18.7. The number of thioether (sulfide) groups is 1. The molecule has 172 valence electrons. The summed E-state index contributed by atoms with van der Waals surface area (Å²) >= 11 is 1.46. The van der Waals surface area contributed by atoms with Crippen molar-refractivity contribution in [3.63, 3.8) is 0 Å². The topological polar surface area (TPSA) is 77.1 Å². The summed E-state index contributed by atoms with van der Waals surface area (Å²) in [5.41, 5.74) is 1.02. The Morgan fingerprint density at radius 3 is 2.16 bits per heavy atom. The molecule has 2 unspecified atom stereocenters. The first kappa shape index (κ1) is 23.7. The average molecular weight is 463 g/mol. The number of carbonyl (C=O) groups is 2. The van der Waals surface area contributed by atoms with Gasteiger partial charge in [-0.3, -0.25) is 9.59 Å². The molecule has 1 saturated heterocycles. The van der Waals surface area contributed by atoms with Crippen LogP contribution in [0.4, 0.5) is 4.39 Å². The Kier molecular flexibility index (Phi) is 7.50. The van der Waals surface area contributed by atoms with Crippen LogP contribution in [0.3, 0.4) is 0 Å². The number of carbonyl (C=O) groups excluding carboxylic acids is 2. The maximum atomic E-state index is 13.7. The van der Waals surface area contributed by atoms with Gasteiger partial charge < -0.3 is 24.4 Å². The minimum Gasteiger partial charge on any atom is -0.493 e. The molecule has 2 amide bonds. The fraction of sp³-hybridized carbons (Fsp3) is 0.391. The Morgan fingerprint density at radius 2 is 1.66 bits per heavy atom. The third-order valence-electron chi connectivity index (χ3n) is 5.04. The van der Waals surface area contributed by atoms with E-state index in [0.29, 0.717) is 23.0 Å². The van der Waals surface area contributed by atoms with Crippen LogP contribution in [0.15, 0.2) is 36.4 Å². The number of amides is 2. The molecule has 0 spiro atoms. The lowest BCUT2D eigenvalue weighted by atomic mass is 10.1. The molecule has 1 aliphatic rings. The fourth-order valence-electron chi connectivity index (χ4n) is 3.57. The van der Waals surface area contributed by atoms with Gasteiger partial charge in [-0.25, -0.2) is 4.39 Å². The van der Waals surface area contributed by atoms with Crippen LogP contribution < -0.4 is 19.5 Å². The first-order chi connectivity index (χ1) is 15.3. The summed E-state index contributed by atoms with van der Waals surface area (Å²) in [5.74, 6) is 0.480. The second-order valence-corrected chi connectivity index (χ2v) is 8.66. The van der Waals surface area contributed by atoms with E-state index < -0.39 is 11.4 Å². The first-order valence-corrected chi connectivity index (χ1v) is 11.2. The molecular formula is C23H27FN2O5S. The Hall–Kier alpha value is -2.94. The highest BCUT2D eigenvalue weighted by molar-refractivity contribution is 7.99. The molecule has 1 heterocycles. The van der Waals surface area contributed by atoms with E-state index in [9.17, 15) is 14.0 Å². The van der Waals surface area contributed by atoms with Crippen LogP contribution in [-0.2, 0) is 4.79 Å². The van der Waals surface area contributed by atoms with Crippen LogP contribution in [-0.4, -0.2) is 55.9 Å². The first-order valence-electron chi connectivity index (χ1n) is 10.1. The molecule has 2 aromatic carbocycles. The van der Waals surface area contributed by atoms with E-state index in [1.165, 1.54) is 50.1 Å². The summed E-state index contributed by atoms with van der Waals surface area (Å²) in [7, 11) is 4.42. The molecule has 0 saturated carbocycles. The van der Waals surface area contributed by atoms with Crippen molar-refractivity contribution in [1.82, 2.24) is 10.2 Å². The predicted molar refractivity (Wildman–Crippen MR) is 121 cm³/mol. The van der Waals surface area contributed by atoms with Crippen LogP contribution in [0.25, 0.3) is 0 Å². The molecule has 2 atom stereocenters. The van der Waals surface area contributed by atoms with Gasteiger partial charge in [0.2, 0.25) is 11.7 Å². The molecule has 1 fully saturated rings. The molecule has 2 aromatic rings. The summed E-state index contributed by atoms with van der Waals surface area (Å²) in [4.78, 5) is 28.2. The molecule has 1 aliphatic heterocycles. The van der Waals surface area contributed by atoms with Gasteiger partial charge >= 0.3 is 0 Å². The van der Waals surface area contributed by atoms with Gasteiger partial charge in [0, 0.05) is 17.4 Å². The van der Waals surface area contributed by atoms with Gasteiger partial charge in [0.05, 0.1) is 21.3 Å². The monoisotopic (exact) mass is 462 g/mol. The second kappa shape index (κ2) is 10.1. The standard InChI is InChI=1S/C23H27FN2O5S/c1-13(2)25-21(27)17-12-32-23(14-6-8-16(24)9-7-14)26(17)22(28)15-10-18(29-3)20(31-5)19(11-15)30-4/h6-11,13,17,23H,12H2,1-5H3,(H,25,27). The van der Waals surface area contributed by atoms with Crippen LogP contribution in [0, 0.1) is 5.82 Å². The van der Waals surface area contributed by atoms with E-state index >= 15 is 0 Å². The summed E-state index contributed by atoms with van der Waals surface area (Å²) < 4.78 is 29.6. The highest BCUT2D eigenvalue weighted by Crippen LogP contribution is 2.44. The summed E-state index contributed by atoms with van der Waals surface area (Å²) in [6, 6.07) is 8.31. The minimum absolute atomic E-state index is 0.0736. The van der Waals surface area contributed by atoms with Crippen molar-refractivity contribution in [3.05, 3.63) is 53.3 Å². The molecule has 3 rings (SSSR count). The second-order valence-electron chi connectivity index (χ2n) is 7.54. The number of ether oxygens (including phenoxy) is 3. The minimum atomic E-state index is -0.691. The van der Waals surface area contributed by atoms with Gasteiger partial charge in [0.1, 0.15) is 17.2 Å². The molecule has 1 N–H and O–H groups in total. The quantitative estimate of drug-likeness (QED) is 0.677. The Labute approximate surface area is 191 Å². The van der Waals surface area contributed by atoms with Crippen LogP contribution in [0.1, 0.15) is 35.1 Å². The van der Waals surface area contributed by atoms with Crippen molar-refractivity contribution in [2.45, 2.75) is 31.3 Å². The van der Waals surface area contributed by atoms with E-state index in [2.05, 4.69) is 5.32 Å². The van der Waals surface area contributed by atoms with Crippen LogP contribution in [0.5, 0.6) is 17.2 Å². The van der Waals surface area contributed by atoms with Crippen molar-refractivity contribution in [2.24, 2.45) is 0 Å². The average Bonchev–Trinajstić information content (AvgIpc) is 3.22. The SMILES string of the molecule is COc1cc(C(=O)N2C(C(=O)NC(C)C)CSC2c2ccc(F)cc2)cc(OC)c1OC. The van der Waals surface area contributed by atoms with Crippen LogP contribution >= 0.6 is 11.8 Å². The van der Waals surface area contributed by atoms with E-state index in [0.717, 1.165) is 5.56 Å². The van der Waals surface area contributed by atoms with Crippen molar-refractivity contribution >= 4 is 23.6 Å². The number of methoxy groups -OCH3 is 3. The fourth-order valence-corrected chi connectivity index (χ4v) is 5.00. The lowest BCUT2D eigenvalue weighted by molar-refractivity contribution is -0.125. The van der Waals surface area contributed by atoms with Crippen LogP contribution in [0.2, 0.25) is 0 Å². The van der Waals surface area contributed by atoms with Gasteiger partial charge in [0.25, 0.3) is 5.91 Å². The van der Waals surface area contributed by atoms with Crippen molar-refractivity contribution in [1.29, 1.82) is 0 Å². The zero-order chi connectivity index (χ0) is 23.4. The molecule has 7 nitrogen and oxygen atoms in total. The third-order valence-corrected chi connectivity index (χ3v) is 6.36. The normalized spacial score (nSPS) is 17.9. The number of hydrogen-bond donors (Lipinski definition) is 1.